The first-order valence-corrected chi connectivity index (χ1v) is 9.33. The van der Waals surface area contributed by atoms with E-state index in [-0.39, 0.29) is 11.8 Å². The van der Waals surface area contributed by atoms with Gasteiger partial charge in [-0.1, -0.05) is 24.3 Å². The molecule has 1 aromatic heterocycles. The molecule has 3 atom stereocenters. The smallest absolute Gasteiger partial charge is 0.223 e. The van der Waals surface area contributed by atoms with E-state index in [1.807, 2.05) is 25.3 Å². The predicted molar refractivity (Wildman–Crippen MR) is 100 cm³/mol. The highest BCUT2D eigenvalue weighted by atomic mass is 16.2. The molecule has 1 aromatic carbocycles. The summed E-state index contributed by atoms with van der Waals surface area (Å²) in [4.78, 5) is 17.5. The minimum Gasteiger partial charge on any atom is -0.347 e. The van der Waals surface area contributed by atoms with E-state index in [2.05, 4.69) is 41.6 Å². The summed E-state index contributed by atoms with van der Waals surface area (Å²) in [6, 6.07) is 8.31. The van der Waals surface area contributed by atoms with Crippen LogP contribution in [-0.2, 0) is 10.3 Å². The van der Waals surface area contributed by atoms with Crippen LogP contribution in [-0.4, -0.2) is 24.0 Å². The molecule has 2 N–H and O–H groups in total. The Kier molecular flexibility index (Phi) is 4.03. The SMILES string of the molecule is Cc1ncc(C(C)(C)NC(=O)[C@@H]2C[C@H]3CNC[C@H]3C2)c2ccccc12. The van der Waals surface area contributed by atoms with Crippen LogP contribution < -0.4 is 10.6 Å². The van der Waals surface area contributed by atoms with Crippen LogP contribution in [0.25, 0.3) is 10.8 Å². The number of aryl methyl sites for hydroxylation is 1. The van der Waals surface area contributed by atoms with Crippen LogP contribution in [0.15, 0.2) is 30.5 Å². The van der Waals surface area contributed by atoms with Gasteiger partial charge in [-0.3, -0.25) is 9.78 Å². The number of amides is 1. The zero-order valence-electron chi connectivity index (χ0n) is 15.3. The number of pyridine rings is 1. The van der Waals surface area contributed by atoms with Crippen molar-refractivity contribution < 1.29 is 4.79 Å². The van der Waals surface area contributed by atoms with Crippen molar-refractivity contribution in [1.29, 1.82) is 0 Å². The number of benzene rings is 1. The molecule has 1 amide bonds. The number of hydrogen-bond acceptors (Lipinski definition) is 3. The zero-order valence-corrected chi connectivity index (χ0v) is 15.3. The van der Waals surface area contributed by atoms with Gasteiger partial charge >= 0.3 is 0 Å². The molecule has 0 radical (unpaired) electrons. The molecular weight excluding hydrogens is 310 g/mol. The standard InChI is InChI=1S/C21H27N3O/c1-13-17-6-4-5-7-18(17)19(12-23-13)21(2,3)24-20(25)14-8-15-10-22-11-16(15)9-14/h4-7,12,14-16,22H,8-11H2,1-3H3,(H,24,25)/t14-,15+,16-. The largest absolute Gasteiger partial charge is 0.347 e. The molecule has 1 aliphatic carbocycles. The minimum atomic E-state index is -0.437. The fourth-order valence-electron chi connectivity index (χ4n) is 4.69. The Balaban J connectivity index is 1.58. The van der Waals surface area contributed by atoms with Gasteiger partial charge in [0.2, 0.25) is 5.91 Å². The highest BCUT2D eigenvalue weighted by Gasteiger charge is 2.41. The Hall–Kier alpha value is -1.94. The number of nitrogens with zero attached hydrogens (tertiary/aromatic N) is 1. The number of fused-ring (bicyclic) bond motifs is 2. The average molecular weight is 337 g/mol. The monoisotopic (exact) mass is 337 g/mol. The van der Waals surface area contributed by atoms with Crippen LogP contribution in [0.1, 0.15) is 37.9 Å². The Morgan fingerprint density at radius 2 is 1.80 bits per heavy atom. The normalized spacial score (nSPS) is 26.0. The first kappa shape index (κ1) is 16.5. The number of rotatable bonds is 3. The predicted octanol–water partition coefficient (Wildman–Crippen LogP) is 3.14. The maximum absolute atomic E-state index is 12.9. The lowest BCUT2D eigenvalue weighted by molar-refractivity contribution is -0.126. The van der Waals surface area contributed by atoms with Gasteiger partial charge in [0.05, 0.1) is 5.54 Å². The van der Waals surface area contributed by atoms with Crippen LogP contribution in [0.4, 0.5) is 0 Å². The van der Waals surface area contributed by atoms with E-state index in [0.29, 0.717) is 11.8 Å². The number of aromatic nitrogens is 1. The van der Waals surface area contributed by atoms with Gasteiger partial charge in [0.15, 0.2) is 0 Å². The maximum Gasteiger partial charge on any atom is 0.223 e. The van der Waals surface area contributed by atoms with Crippen molar-refractivity contribution in [2.75, 3.05) is 13.1 Å². The molecule has 4 nitrogen and oxygen atoms in total. The second-order valence-corrected chi connectivity index (χ2v) is 8.26. The summed E-state index contributed by atoms with van der Waals surface area (Å²) >= 11 is 0. The number of carbonyl (C=O) groups excluding carboxylic acids is 1. The fourth-order valence-corrected chi connectivity index (χ4v) is 4.69. The number of hydrogen-bond donors (Lipinski definition) is 2. The lowest BCUT2D eigenvalue weighted by Crippen LogP contribution is -2.44. The summed E-state index contributed by atoms with van der Waals surface area (Å²) in [5, 5.41) is 9.09. The maximum atomic E-state index is 12.9. The highest BCUT2D eigenvalue weighted by Crippen LogP contribution is 2.39. The van der Waals surface area contributed by atoms with Crippen LogP contribution in [0.5, 0.6) is 0 Å². The van der Waals surface area contributed by atoms with Gasteiger partial charge in [-0.15, -0.1) is 0 Å². The summed E-state index contributed by atoms with van der Waals surface area (Å²) in [5.41, 5.74) is 1.67. The van der Waals surface area contributed by atoms with E-state index in [1.165, 1.54) is 5.39 Å². The lowest BCUT2D eigenvalue weighted by atomic mass is 9.89. The molecule has 0 spiro atoms. The van der Waals surface area contributed by atoms with Crippen LogP contribution >= 0.6 is 0 Å². The summed E-state index contributed by atoms with van der Waals surface area (Å²) in [5.74, 6) is 1.71. The Labute approximate surface area is 149 Å². The third-order valence-corrected chi connectivity index (χ3v) is 6.13. The minimum absolute atomic E-state index is 0.154. The van der Waals surface area contributed by atoms with Gasteiger partial charge in [0.25, 0.3) is 0 Å². The van der Waals surface area contributed by atoms with E-state index in [4.69, 9.17) is 0 Å². The van der Waals surface area contributed by atoms with Crippen molar-refractivity contribution in [3.8, 4) is 0 Å². The second-order valence-electron chi connectivity index (χ2n) is 8.26. The van der Waals surface area contributed by atoms with Crippen molar-refractivity contribution in [2.24, 2.45) is 17.8 Å². The molecule has 2 aromatic rings. The third kappa shape index (κ3) is 2.93. The fraction of sp³-hybridized carbons (Fsp3) is 0.524. The number of nitrogens with one attached hydrogen (secondary N) is 2. The summed E-state index contributed by atoms with van der Waals surface area (Å²) in [6.45, 7) is 8.35. The third-order valence-electron chi connectivity index (χ3n) is 6.13. The van der Waals surface area contributed by atoms with Crippen molar-refractivity contribution in [3.05, 3.63) is 41.7 Å². The molecule has 1 saturated heterocycles. The van der Waals surface area contributed by atoms with E-state index in [9.17, 15) is 4.79 Å². The topological polar surface area (TPSA) is 54.0 Å². The molecule has 0 unspecified atom stereocenters. The molecule has 0 bridgehead atoms. The first-order chi connectivity index (χ1) is 12.0. The van der Waals surface area contributed by atoms with Crippen LogP contribution in [0.3, 0.4) is 0 Å². The lowest BCUT2D eigenvalue weighted by Gasteiger charge is -2.30. The van der Waals surface area contributed by atoms with Crippen molar-refractivity contribution in [1.82, 2.24) is 15.6 Å². The molecule has 132 valence electrons. The first-order valence-electron chi connectivity index (χ1n) is 9.33. The van der Waals surface area contributed by atoms with Crippen molar-refractivity contribution in [2.45, 2.75) is 39.2 Å². The van der Waals surface area contributed by atoms with Crippen molar-refractivity contribution >= 4 is 16.7 Å². The summed E-state index contributed by atoms with van der Waals surface area (Å²) in [6.07, 6.45) is 3.96. The molecule has 2 fully saturated rings. The van der Waals surface area contributed by atoms with E-state index in [0.717, 1.165) is 42.6 Å². The van der Waals surface area contributed by atoms with Gasteiger partial charge in [-0.25, -0.2) is 0 Å². The summed E-state index contributed by atoms with van der Waals surface area (Å²) in [7, 11) is 0. The highest BCUT2D eigenvalue weighted by molar-refractivity contribution is 5.89. The van der Waals surface area contributed by atoms with Gasteiger partial charge < -0.3 is 10.6 Å². The van der Waals surface area contributed by atoms with E-state index >= 15 is 0 Å². The molecular formula is C21H27N3O. The Bertz CT molecular complexity index is 802. The van der Waals surface area contributed by atoms with Gasteiger partial charge in [-0.2, -0.15) is 0 Å². The second kappa shape index (κ2) is 6.10. The quantitative estimate of drug-likeness (QED) is 0.905. The van der Waals surface area contributed by atoms with Crippen LogP contribution in [0, 0.1) is 24.7 Å². The van der Waals surface area contributed by atoms with Gasteiger partial charge in [0.1, 0.15) is 0 Å². The average Bonchev–Trinajstić information content (AvgIpc) is 3.16. The molecule has 25 heavy (non-hydrogen) atoms. The molecule has 4 rings (SSSR count). The van der Waals surface area contributed by atoms with Crippen molar-refractivity contribution in [3.63, 3.8) is 0 Å². The Morgan fingerprint density at radius 1 is 1.16 bits per heavy atom. The van der Waals surface area contributed by atoms with Gasteiger partial charge in [0, 0.05) is 28.8 Å². The molecule has 4 heteroatoms. The number of carbonyl (C=O) groups is 1. The Morgan fingerprint density at radius 3 is 2.48 bits per heavy atom. The van der Waals surface area contributed by atoms with Crippen LogP contribution in [0.2, 0.25) is 0 Å². The molecule has 2 heterocycles. The zero-order chi connectivity index (χ0) is 17.6. The molecule has 1 saturated carbocycles. The van der Waals surface area contributed by atoms with Gasteiger partial charge in [-0.05, 0) is 63.9 Å². The van der Waals surface area contributed by atoms with E-state index in [1.54, 1.807) is 0 Å². The molecule has 2 aliphatic rings. The summed E-state index contributed by atoms with van der Waals surface area (Å²) < 4.78 is 0. The van der Waals surface area contributed by atoms with E-state index < -0.39 is 5.54 Å². The molecule has 1 aliphatic heterocycles.